The summed E-state index contributed by atoms with van der Waals surface area (Å²) >= 11 is 0. The second kappa shape index (κ2) is 8.56. The molecule has 0 saturated carbocycles. The smallest absolute Gasteiger partial charge is 0.276 e. The highest BCUT2D eigenvalue weighted by Gasteiger charge is 2.57. The van der Waals surface area contributed by atoms with Gasteiger partial charge < -0.3 is 29.0 Å². The van der Waals surface area contributed by atoms with Gasteiger partial charge in [-0.3, -0.25) is 14.4 Å². The summed E-state index contributed by atoms with van der Waals surface area (Å²) in [6, 6.07) is 2.97. The number of nitrogens with one attached hydrogen (secondary N) is 1. The normalized spacial score (nSPS) is 18.6. The number of amides is 2. The average molecular weight is 463 g/mol. The number of fused-ring (bicyclic) bond motifs is 2. The van der Waals surface area contributed by atoms with E-state index in [1.807, 2.05) is 0 Å². The number of halogens is 2. The Kier molecular flexibility index (Phi) is 5.93. The van der Waals surface area contributed by atoms with Crippen molar-refractivity contribution in [2.45, 2.75) is 25.2 Å². The van der Waals surface area contributed by atoms with Gasteiger partial charge in [-0.15, -0.1) is 0 Å². The minimum atomic E-state index is -0.854. The minimum Gasteiger partial charge on any atom is -0.491 e. The van der Waals surface area contributed by atoms with Crippen molar-refractivity contribution in [3.8, 4) is 5.75 Å². The Balaban J connectivity index is 1.77. The highest BCUT2D eigenvalue weighted by molar-refractivity contribution is 5.99. The van der Waals surface area contributed by atoms with Crippen LogP contribution in [0.4, 0.5) is 8.78 Å². The number of nitrogens with zero attached hydrogens (tertiary/aromatic N) is 2. The van der Waals surface area contributed by atoms with Crippen molar-refractivity contribution in [2.24, 2.45) is 0 Å². The third-order valence-electron chi connectivity index (χ3n) is 6.02. The van der Waals surface area contributed by atoms with Crippen molar-refractivity contribution < 1.29 is 32.6 Å². The van der Waals surface area contributed by atoms with Gasteiger partial charge in [-0.2, -0.15) is 0 Å². The molecule has 1 N–H and O–H groups in total. The molecule has 1 unspecified atom stereocenters. The quantitative estimate of drug-likeness (QED) is 0.692. The molecule has 0 bridgehead atoms. The molecule has 2 aliphatic heterocycles. The van der Waals surface area contributed by atoms with E-state index < -0.39 is 40.6 Å². The van der Waals surface area contributed by atoms with Crippen molar-refractivity contribution in [3.05, 3.63) is 63.1 Å². The van der Waals surface area contributed by atoms with Gasteiger partial charge in [0.1, 0.15) is 22.7 Å². The van der Waals surface area contributed by atoms with Crippen LogP contribution in [0.5, 0.6) is 5.75 Å². The largest absolute Gasteiger partial charge is 0.491 e. The number of likely N-dealkylation sites (N-methyl/N-ethyl adjacent to an activating group) is 1. The average Bonchev–Trinajstić information content (AvgIpc) is 2.76. The monoisotopic (exact) mass is 463 g/mol. The van der Waals surface area contributed by atoms with Gasteiger partial charge in [0, 0.05) is 38.0 Å². The highest BCUT2D eigenvalue weighted by Crippen LogP contribution is 2.40. The second-order valence-corrected chi connectivity index (χ2v) is 7.82. The van der Waals surface area contributed by atoms with E-state index in [1.54, 1.807) is 6.92 Å². The second-order valence-electron chi connectivity index (χ2n) is 7.82. The Bertz CT molecular complexity index is 1180. The molecule has 1 fully saturated rings. The van der Waals surface area contributed by atoms with Crippen molar-refractivity contribution >= 4 is 11.8 Å². The SMILES string of the molecule is CCN1C(=O)c2c(OC)c(=O)c(C(=O)NCc3ccc(F)cc3F)cn2C2(COC2)C1OC. The van der Waals surface area contributed by atoms with E-state index in [1.165, 1.54) is 35.9 Å². The van der Waals surface area contributed by atoms with Crippen LogP contribution in [0.25, 0.3) is 0 Å². The number of ether oxygens (including phenoxy) is 3. The summed E-state index contributed by atoms with van der Waals surface area (Å²) < 4.78 is 44.9. The maximum absolute atomic E-state index is 13.9. The van der Waals surface area contributed by atoms with E-state index in [-0.39, 0.29) is 42.3 Å². The lowest BCUT2D eigenvalue weighted by Crippen LogP contribution is -2.70. The molecule has 2 aliphatic rings. The van der Waals surface area contributed by atoms with Gasteiger partial charge in [0.15, 0.2) is 17.7 Å². The number of hydrogen-bond donors (Lipinski definition) is 1. The lowest BCUT2D eigenvalue weighted by Gasteiger charge is -2.54. The number of methoxy groups -OCH3 is 2. The van der Waals surface area contributed by atoms with Crippen molar-refractivity contribution in [1.82, 2.24) is 14.8 Å². The molecular formula is C22H23F2N3O6. The summed E-state index contributed by atoms with van der Waals surface area (Å²) in [4.78, 5) is 40.7. The summed E-state index contributed by atoms with van der Waals surface area (Å²) in [5.41, 5.74) is -1.88. The van der Waals surface area contributed by atoms with Gasteiger partial charge in [-0.05, 0) is 13.0 Å². The van der Waals surface area contributed by atoms with Gasteiger partial charge in [0.05, 0.1) is 20.3 Å². The van der Waals surface area contributed by atoms with Gasteiger partial charge in [0.2, 0.25) is 5.43 Å². The first-order chi connectivity index (χ1) is 15.8. The summed E-state index contributed by atoms with van der Waals surface area (Å²) in [5.74, 6) is -3.12. The standard InChI is InChI=1S/C22H23F2N3O6/c1-4-26-20(30)16-18(31-2)17(28)14(9-27(16)22(10-33-11-22)21(26)32-3)19(29)25-8-12-5-6-13(23)7-15(12)24/h5-7,9,21H,4,8,10-11H2,1-3H3,(H,25,29). The number of aromatic nitrogens is 1. The molecule has 2 aromatic rings. The topological polar surface area (TPSA) is 99.1 Å². The molecule has 0 radical (unpaired) electrons. The lowest BCUT2D eigenvalue weighted by atomic mass is 9.89. The molecule has 1 spiro atoms. The van der Waals surface area contributed by atoms with Crippen LogP contribution < -0.4 is 15.5 Å². The molecule has 4 rings (SSSR count). The van der Waals surface area contributed by atoms with Crippen molar-refractivity contribution in [1.29, 1.82) is 0 Å². The number of pyridine rings is 1. The first-order valence-corrected chi connectivity index (χ1v) is 10.3. The summed E-state index contributed by atoms with van der Waals surface area (Å²) in [5, 5.41) is 2.47. The number of carbonyl (C=O) groups is 2. The Morgan fingerprint density at radius 1 is 1.27 bits per heavy atom. The van der Waals surface area contributed by atoms with Gasteiger partial charge in [-0.25, -0.2) is 8.78 Å². The third kappa shape index (κ3) is 3.47. The third-order valence-corrected chi connectivity index (χ3v) is 6.02. The van der Waals surface area contributed by atoms with Crippen LogP contribution >= 0.6 is 0 Å². The number of rotatable bonds is 6. The molecule has 33 heavy (non-hydrogen) atoms. The Hall–Kier alpha value is -3.31. The number of carbonyl (C=O) groups excluding carboxylic acids is 2. The molecule has 2 amide bonds. The van der Waals surface area contributed by atoms with Crippen LogP contribution in [-0.4, -0.2) is 61.5 Å². The number of hydrogen-bond acceptors (Lipinski definition) is 6. The predicted octanol–water partition coefficient (Wildman–Crippen LogP) is 1.24. The summed E-state index contributed by atoms with van der Waals surface area (Å²) in [6.45, 7) is 2.22. The molecular weight excluding hydrogens is 440 g/mol. The first kappa shape index (κ1) is 22.9. The zero-order valence-electron chi connectivity index (χ0n) is 18.3. The summed E-state index contributed by atoms with van der Waals surface area (Å²) in [6.07, 6.45) is 0.600. The fraction of sp³-hybridized carbons (Fsp3) is 0.409. The fourth-order valence-electron chi connectivity index (χ4n) is 4.33. The van der Waals surface area contributed by atoms with E-state index in [9.17, 15) is 23.2 Å². The fourth-order valence-corrected chi connectivity index (χ4v) is 4.33. The van der Waals surface area contributed by atoms with E-state index >= 15 is 0 Å². The van der Waals surface area contributed by atoms with Crippen LogP contribution in [0.1, 0.15) is 33.3 Å². The maximum Gasteiger partial charge on any atom is 0.276 e. The Labute approximate surface area is 187 Å². The van der Waals surface area contributed by atoms with E-state index in [4.69, 9.17) is 14.2 Å². The van der Waals surface area contributed by atoms with Gasteiger partial charge in [-0.1, -0.05) is 6.07 Å². The van der Waals surface area contributed by atoms with Crippen molar-refractivity contribution in [2.75, 3.05) is 34.0 Å². The zero-order chi connectivity index (χ0) is 23.9. The Morgan fingerprint density at radius 2 is 2.00 bits per heavy atom. The Morgan fingerprint density at radius 3 is 2.55 bits per heavy atom. The lowest BCUT2D eigenvalue weighted by molar-refractivity contribution is -0.210. The van der Waals surface area contributed by atoms with Gasteiger partial charge in [0.25, 0.3) is 11.8 Å². The van der Waals surface area contributed by atoms with Crippen LogP contribution in [0.3, 0.4) is 0 Å². The van der Waals surface area contributed by atoms with Crippen LogP contribution in [0.2, 0.25) is 0 Å². The van der Waals surface area contributed by atoms with Crippen LogP contribution in [-0.2, 0) is 21.6 Å². The summed E-state index contributed by atoms with van der Waals surface area (Å²) in [7, 11) is 2.71. The molecule has 3 heterocycles. The van der Waals surface area contributed by atoms with E-state index in [0.29, 0.717) is 12.6 Å². The van der Waals surface area contributed by atoms with Crippen LogP contribution in [0.15, 0.2) is 29.2 Å². The predicted molar refractivity (Wildman–Crippen MR) is 111 cm³/mol. The molecule has 0 aliphatic carbocycles. The van der Waals surface area contributed by atoms with E-state index in [0.717, 1.165) is 6.07 Å². The van der Waals surface area contributed by atoms with Crippen molar-refractivity contribution in [3.63, 3.8) is 0 Å². The zero-order valence-corrected chi connectivity index (χ0v) is 18.3. The minimum absolute atomic E-state index is 0.00193. The molecule has 176 valence electrons. The molecule has 1 aromatic heterocycles. The molecule has 11 heteroatoms. The first-order valence-electron chi connectivity index (χ1n) is 10.3. The van der Waals surface area contributed by atoms with E-state index in [2.05, 4.69) is 5.32 Å². The molecule has 1 aromatic carbocycles. The maximum atomic E-state index is 13.9. The molecule has 9 nitrogen and oxygen atoms in total. The molecule has 1 saturated heterocycles. The van der Waals surface area contributed by atoms with Gasteiger partial charge >= 0.3 is 0 Å². The number of benzene rings is 1. The van der Waals surface area contributed by atoms with Crippen LogP contribution in [0, 0.1) is 11.6 Å². The molecule has 1 atom stereocenters. The highest BCUT2D eigenvalue weighted by atomic mass is 19.1.